The molecule has 9 heavy (non-hydrogen) atoms. The summed E-state index contributed by atoms with van der Waals surface area (Å²) in [4.78, 5) is 0. The van der Waals surface area contributed by atoms with Crippen LogP contribution in [-0.2, 0) is 32.7 Å². The van der Waals surface area contributed by atoms with E-state index in [1.165, 1.54) is 0 Å². The van der Waals surface area contributed by atoms with Gasteiger partial charge in [-0.3, -0.25) is 0 Å². The van der Waals surface area contributed by atoms with Crippen molar-refractivity contribution in [2.75, 3.05) is 0 Å². The van der Waals surface area contributed by atoms with Crippen molar-refractivity contribution in [1.29, 1.82) is 0 Å². The second-order valence-corrected chi connectivity index (χ2v) is 0. The van der Waals surface area contributed by atoms with Crippen molar-refractivity contribution in [1.82, 2.24) is 0 Å². The molecule has 0 spiro atoms. The summed E-state index contributed by atoms with van der Waals surface area (Å²) >= 11 is 0. The van der Waals surface area contributed by atoms with Gasteiger partial charge in [-0.1, -0.05) is 0 Å². The second kappa shape index (κ2) is 50.2. The van der Waals surface area contributed by atoms with Gasteiger partial charge in [0.1, 0.15) is 0 Å². The van der Waals surface area contributed by atoms with E-state index in [0.717, 1.165) is 0 Å². The molecule has 0 bridgehead atoms. The Hall–Kier alpha value is 11.9. The topological polar surface area (TPSA) is 0 Å². The molecule has 0 aliphatic carbocycles. The van der Waals surface area contributed by atoms with Crippen LogP contribution in [0.1, 0.15) is 0 Å². The van der Waals surface area contributed by atoms with Crippen molar-refractivity contribution in [3.05, 3.63) is 0 Å². The van der Waals surface area contributed by atoms with Crippen molar-refractivity contribution in [3.63, 3.8) is 0 Å². The quantitative estimate of drug-likeness (QED) is 0.301. The molecule has 0 fully saturated rings. The third kappa shape index (κ3) is 45.0. The predicted molar refractivity (Wildman–Crippen MR) is 0 cm³/mol. The Bertz CT molecular complexity index is 28.5. The predicted octanol–water partition coefficient (Wildman–Crippen LogP) is -0.00250. The van der Waals surface area contributed by atoms with Crippen LogP contribution in [0.25, 0.3) is 0 Å². The first-order valence-corrected chi connectivity index (χ1v) is 0. The van der Waals surface area contributed by atoms with Gasteiger partial charge in [-0.2, -0.15) is 0 Å². The molecule has 0 nitrogen and oxygen atoms in total. The standard InChI is InChI=1S/Dy.Eu.Gd.Ho.Nd.Pr.Sm.Tb.Y. The van der Waals surface area contributed by atoms with Gasteiger partial charge in [0.15, 0.2) is 0 Å². The summed E-state index contributed by atoms with van der Waals surface area (Å²) in [5.41, 5.74) is 0. The maximum absolute atomic E-state index is 0. The minimum atomic E-state index is 0. The SMILES string of the molecule is [Dy].[Eu].[Gd].[Ho].[Nd].[Pr].[Sm].[Tb].[Y]. The van der Waals surface area contributed by atoms with Gasteiger partial charge in [0.25, 0.3) is 0 Å². The van der Waals surface area contributed by atoms with Crippen LogP contribution < -0.4 is 0 Å². The average molecular weight is 1320 g/mol. The van der Waals surface area contributed by atoms with Crippen molar-refractivity contribution < 1.29 is 359 Å². The second-order valence-electron chi connectivity index (χ2n) is 0. The van der Waals surface area contributed by atoms with Crippen LogP contribution >= 0.6 is 0 Å². The van der Waals surface area contributed by atoms with Gasteiger partial charge in [0, 0.05) is 359 Å². The van der Waals surface area contributed by atoms with E-state index in [2.05, 4.69) is 0 Å². The van der Waals surface area contributed by atoms with Gasteiger partial charge >= 0.3 is 0 Å². The normalized spacial score (nSPS) is 0. The first-order valence-electron chi connectivity index (χ1n) is 0. The Morgan fingerprint density at radius 3 is 1.00 bits per heavy atom. The Kier molecular flexibility index (Phi) is 326. The smallest absolute Gasteiger partial charge is 0 e. The van der Waals surface area contributed by atoms with Crippen LogP contribution in [0.15, 0.2) is 0 Å². The minimum absolute atomic E-state index is 0. The summed E-state index contributed by atoms with van der Waals surface area (Å²) in [6, 6.07) is 0. The maximum atomic E-state index is 0. The number of hydrogen-bond donors (Lipinski definition) is 0. The van der Waals surface area contributed by atoms with E-state index in [0.29, 0.717) is 0 Å². The molecule has 5 radical (unpaired) electrons. The zero-order chi connectivity index (χ0) is 0. The molecule has 0 aliphatic rings. The molecule has 0 aromatic carbocycles. The largest absolute Gasteiger partial charge is 0 e. The third-order valence-electron chi connectivity index (χ3n) is 0. The molecule has 0 aromatic heterocycles. The molecule has 0 unspecified atom stereocenters. The van der Waals surface area contributed by atoms with E-state index in [9.17, 15) is 0 Å². The Morgan fingerprint density at radius 1 is 1.00 bits per heavy atom. The molecule has 0 saturated carbocycles. The molecule has 0 aliphatic heterocycles. The number of hydrogen-bond acceptors (Lipinski definition) is 0. The van der Waals surface area contributed by atoms with Gasteiger partial charge in [-0.25, -0.2) is 0 Å². The molecular formula is DyEuGdHoNdPrSmTbY. The Morgan fingerprint density at radius 2 is 1.00 bits per heavy atom. The van der Waals surface area contributed by atoms with Gasteiger partial charge in [-0.15, -0.1) is 0 Å². The average Bonchev–Trinajstić information content (AvgIpc) is 0. The van der Waals surface area contributed by atoms with Crippen molar-refractivity contribution in [2.45, 2.75) is 0 Å². The fourth-order valence-corrected chi connectivity index (χ4v) is 0. The van der Waals surface area contributed by atoms with Crippen molar-refractivity contribution in [2.24, 2.45) is 0 Å². The van der Waals surface area contributed by atoms with Gasteiger partial charge < -0.3 is 0 Å². The van der Waals surface area contributed by atoms with Crippen LogP contribution in [0.4, 0.5) is 0 Å². The summed E-state index contributed by atoms with van der Waals surface area (Å²) in [5.74, 6) is 0. The molecule has 0 aromatic rings. The molecule has 0 amide bonds. The van der Waals surface area contributed by atoms with Crippen LogP contribution in [0.2, 0.25) is 0 Å². The van der Waals surface area contributed by atoms with E-state index in [1.807, 2.05) is 0 Å². The number of rotatable bonds is 0. The summed E-state index contributed by atoms with van der Waals surface area (Å²) in [5, 5.41) is 0. The molecule has 0 atom stereocenters. The minimum Gasteiger partial charge on any atom is 0 e. The molecule has 0 heterocycles. The maximum Gasteiger partial charge on any atom is 0 e. The molecule has 0 saturated heterocycles. The van der Waals surface area contributed by atoms with E-state index in [4.69, 9.17) is 0 Å². The van der Waals surface area contributed by atoms with E-state index in [1.54, 1.807) is 0 Å². The molecule has 0 rings (SSSR count). The summed E-state index contributed by atoms with van der Waals surface area (Å²) in [6.45, 7) is 0. The van der Waals surface area contributed by atoms with Gasteiger partial charge in [0.2, 0.25) is 0 Å². The first-order chi connectivity index (χ1) is 0. The van der Waals surface area contributed by atoms with Gasteiger partial charge in [-0.05, 0) is 0 Å². The summed E-state index contributed by atoms with van der Waals surface area (Å²) < 4.78 is 0. The van der Waals surface area contributed by atoms with Crippen LogP contribution in [-0.4, -0.2) is 0 Å². The van der Waals surface area contributed by atoms with E-state index >= 15 is 0 Å². The van der Waals surface area contributed by atoms with E-state index < -0.39 is 0 Å². The fourth-order valence-electron chi connectivity index (χ4n) is 0. The van der Waals surface area contributed by atoms with Crippen LogP contribution in [0.5, 0.6) is 0 Å². The summed E-state index contributed by atoms with van der Waals surface area (Å²) in [7, 11) is 0. The molecular weight excluding hydrogens is 1320 g/mol. The van der Waals surface area contributed by atoms with Crippen LogP contribution in [0, 0.1) is 326 Å². The Labute approximate surface area is 345 Å². The van der Waals surface area contributed by atoms with Crippen molar-refractivity contribution in [3.8, 4) is 0 Å². The summed E-state index contributed by atoms with van der Waals surface area (Å²) in [6.07, 6.45) is 0. The van der Waals surface area contributed by atoms with E-state index in [-0.39, 0.29) is 359 Å². The van der Waals surface area contributed by atoms with Gasteiger partial charge in [0.05, 0.1) is 0 Å². The molecule has 9 heteroatoms. The fraction of sp³-hybridized carbons (Fsp3) is 0. The van der Waals surface area contributed by atoms with Crippen molar-refractivity contribution >= 4 is 0 Å². The molecule has 61 valence electrons. The Balaban J connectivity index is 0. The van der Waals surface area contributed by atoms with Crippen LogP contribution in [0.3, 0.4) is 0 Å². The monoisotopic (exact) mass is 1320 g/mol. The first kappa shape index (κ1) is 58.5. The third-order valence-corrected chi connectivity index (χ3v) is 0. The zero-order valence-electron chi connectivity index (χ0n) is 3.75. The molecule has 0 N–H and O–H groups in total. The zero-order valence-corrected chi connectivity index (χ0v) is 26.9.